The smallest absolute Gasteiger partial charge is 0.257 e. The molecule has 2 aromatic carbocycles. The third-order valence-electron chi connectivity index (χ3n) is 3.34. The van der Waals surface area contributed by atoms with Crippen LogP contribution >= 0.6 is 11.6 Å². The van der Waals surface area contributed by atoms with Crippen LogP contribution in [0.1, 0.15) is 23.7 Å². The van der Waals surface area contributed by atoms with Crippen molar-refractivity contribution in [1.82, 2.24) is 4.90 Å². The maximum atomic E-state index is 12.3. The molecule has 3 nitrogen and oxygen atoms in total. The Bertz CT molecular complexity index is 625. The van der Waals surface area contributed by atoms with Gasteiger partial charge in [-0.1, -0.05) is 30.3 Å². The lowest BCUT2D eigenvalue weighted by Gasteiger charge is -2.19. The number of alkyl halides is 1. The van der Waals surface area contributed by atoms with E-state index in [0.717, 1.165) is 11.8 Å². The highest BCUT2D eigenvalue weighted by Crippen LogP contribution is 2.29. The first-order valence-corrected chi connectivity index (χ1v) is 7.04. The van der Waals surface area contributed by atoms with Crippen molar-refractivity contribution in [3.05, 3.63) is 42.0 Å². The molecule has 0 heterocycles. The highest BCUT2D eigenvalue weighted by atomic mass is 35.5. The monoisotopic (exact) mass is 291 g/mol. The fourth-order valence-electron chi connectivity index (χ4n) is 2.11. The number of amides is 1. The van der Waals surface area contributed by atoms with E-state index in [1.54, 1.807) is 18.0 Å². The maximum absolute atomic E-state index is 12.3. The van der Waals surface area contributed by atoms with E-state index >= 15 is 0 Å². The summed E-state index contributed by atoms with van der Waals surface area (Å²) in [6.07, 6.45) is 0.720. The van der Waals surface area contributed by atoms with Crippen molar-refractivity contribution in [2.75, 3.05) is 13.6 Å². The molecule has 2 rings (SSSR count). The van der Waals surface area contributed by atoms with E-state index in [-0.39, 0.29) is 17.0 Å². The van der Waals surface area contributed by atoms with Crippen molar-refractivity contribution in [2.45, 2.75) is 18.7 Å². The zero-order valence-corrected chi connectivity index (χ0v) is 12.4. The second-order valence-electron chi connectivity index (χ2n) is 4.98. The van der Waals surface area contributed by atoms with Gasteiger partial charge in [-0.15, -0.1) is 11.6 Å². The molecule has 0 saturated heterocycles. The van der Waals surface area contributed by atoms with E-state index in [1.165, 1.54) is 0 Å². The number of benzene rings is 2. The Kier molecular flexibility index (Phi) is 4.50. The predicted molar refractivity (Wildman–Crippen MR) is 82.5 cm³/mol. The highest BCUT2D eigenvalue weighted by molar-refractivity contribution is 6.20. The number of rotatable bonds is 4. The summed E-state index contributed by atoms with van der Waals surface area (Å²) >= 11 is 5.89. The first-order valence-electron chi connectivity index (χ1n) is 6.61. The molecule has 106 valence electrons. The van der Waals surface area contributed by atoms with Crippen molar-refractivity contribution in [3.8, 4) is 5.75 Å². The molecule has 0 fully saturated rings. The number of aromatic hydroxyl groups is 1. The van der Waals surface area contributed by atoms with Crippen LogP contribution in [0.25, 0.3) is 10.8 Å². The quantitative estimate of drug-likeness (QED) is 0.874. The van der Waals surface area contributed by atoms with Crippen LogP contribution in [0.15, 0.2) is 36.4 Å². The number of carbonyl (C=O) groups is 1. The van der Waals surface area contributed by atoms with E-state index < -0.39 is 0 Å². The predicted octanol–water partition coefficient (Wildman–Crippen LogP) is 3.63. The van der Waals surface area contributed by atoms with Crippen LogP contribution in [0.3, 0.4) is 0 Å². The number of nitrogens with zero attached hydrogens (tertiary/aromatic N) is 1. The van der Waals surface area contributed by atoms with E-state index in [1.807, 2.05) is 37.3 Å². The molecule has 1 N–H and O–H groups in total. The highest BCUT2D eigenvalue weighted by Gasteiger charge is 2.17. The lowest BCUT2D eigenvalue weighted by molar-refractivity contribution is 0.0791. The molecule has 1 amide bonds. The Morgan fingerprint density at radius 1 is 1.30 bits per heavy atom. The van der Waals surface area contributed by atoms with Crippen molar-refractivity contribution in [1.29, 1.82) is 0 Å². The fourth-order valence-corrected chi connectivity index (χ4v) is 2.20. The van der Waals surface area contributed by atoms with Crippen molar-refractivity contribution < 1.29 is 9.90 Å². The zero-order valence-electron chi connectivity index (χ0n) is 11.6. The fraction of sp³-hybridized carbons (Fsp3) is 0.312. The van der Waals surface area contributed by atoms with Gasteiger partial charge in [0.1, 0.15) is 5.75 Å². The second-order valence-corrected chi connectivity index (χ2v) is 5.72. The minimum atomic E-state index is -0.189. The number of carbonyl (C=O) groups excluding carboxylic acids is 1. The Morgan fingerprint density at radius 2 is 2.00 bits per heavy atom. The lowest BCUT2D eigenvalue weighted by atomic mass is 10.0. The van der Waals surface area contributed by atoms with Gasteiger partial charge in [0, 0.05) is 24.4 Å². The molecule has 0 aliphatic rings. The summed E-state index contributed by atoms with van der Waals surface area (Å²) in [5.41, 5.74) is 0.327. The molecule has 0 radical (unpaired) electrons. The summed E-state index contributed by atoms with van der Waals surface area (Å²) in [7, 11) is 1.72. The molecule has 0 aliphatic carbocycles. The molecular formula is C16H18ClNO2. The van der Waals surface area contributed by atoms with Gasteiger partial charge < -0.3 is 10.0 Å². The zero-order chi connectivity index (χ0) is 14.7. The van der Waals surface area contributed by atoms with Crippen molar-refractivity contribution in [2.24, 2.45) is 0 Å². The Morgan fingerprint density at radius 3 is 2.70 bits per heavy atom. The van der Waals surface area contributed by atoms with Crippen LogP contribution in [-0.4, -0.2) is 34.9 Å². The molecular weight excluding hydrogens is 274 g/mol. The van der Waals surface area contributed by atoms with Gasteiger partial charge in [0.2, 0.25) is 0 Å². The summed E-state index contributed by atoms with van der Waals surface area (Å²) in [6, 6.07) is 11.0. The van der Waals surface area contributed by atoms with Gasteiger partial charge in [-0.3, -0.25) is 4.79 Å². The van der Waals surface area contributed by atoms with Crippen molar-refractivity contribution >= 4 is 28.3 Å². The Hall–Kier alpha value is -1.74. The van der Waals surface area contributed by atoms with Crippen molar-refractivity contribution in [3.63, 3.8) is 0 Å². The van der Waals surface area contributed by atoms with Crippen LogP contribution in [0, 0.1) is 0 Å². The summed E-state index contributed by atoms with van der Waals surface area (Å²) in [4.78, 5) is 13.9. The van der Waals surface area contributed by atoms with Crippen LogP contribution in [0.5, 0.6) is 5.75 Å². The minimum Gasteiger partial charge on any atom is -0.506 e. The number of fused-ring (bicyclic) bond motifs is 1. The van der Waals surface area contributed by atoms with Crippen LogP contribution in [0.4, 0.5) is 0 Å². The summed E-state index contributed by atoms with van der Waals surface area (Å²) in [5.74, 6) is -0.149. The molecule has 2 aromatic rings. The molecule has 4 heteroatoms. The SMILES string of the molecule is CC(Cl)CCN(C)C(=O)c1ccc2ccccc2c1O. The summed E-state index contributed by atoms with van der Waals surface area (Å²) in [5, 5.41) is 11.9. The van der Waals surface area contributed by atoms with E-state index in [2.05, 4.69) is 0 Å². The largest absolute Gasteiger partial charge is 0.506 e. The molecule has 0 aromatic heterocycles. The molecule has 1 atom stereocenters. The van der Waals surface area contributed by atoms with Crippen LogP contribution in [-0.2, 0) is 0 Å². The molecule has 1 unspecified atom stereocenters. The first kappa shape index (κ1) is 14.7. The topological polar surface area (TPSA) is 40.5 Å². The van der Waals surface area contributed by atoms with Gasteiger partial charge in [-0.2, -0.15) is 0 Å². The first-order chi connectivity index (χ1) is 9.50. The van der Waals surface area contributed by atoms with Crippen LogP contribution in [0.2, 0.25) is 0 Å². The maximum Gasteiger partial charge on any atom is 0.257 e. The minimum absolute atomic E-state index is 0.0236. The molecule has 0 saturated carbocycles. The molecule has 20 heavy (non-hydrogen) atoms. The molecule has 0 bridgehead atoms. The van der Waals surface area contributed by atoms with Gasteiger partial charge in [0.15, 0.2) is 0 Å². The van der Waals surface area contributed by atoms with Gasteiger partial charge in [-0.25, -0.2) is 0 Å². The van der Waals surface area contributed by atoms with Gasteiger partial charge >= 0.3 is 0 Å². The molecule has 0 spiro atoms. The number of hydrogen-bond acceptors (Lipinski definition) is 2. The number of phenolic OH excluding ortho intramolecular Hbond substituents is 1. The van der Waals surface area contributed by atoms with Gasteiger partial charge in [-0.05, 0) is 24.8 Å². The van der Waals surface area contributed by atoms with Gasteiger partial charge in [0.25, 0.3) is 5.91 Å². The standard InChI is InChI=1S/C16H18ClNO2/c1-11(17)9-10-18(2)16(20)14-8-7-12-5-3-4-6-13(12)15(14)19/h3-8,11,19H,9-10H2,1-2H3. The summed E-state index contributed by atoms with van der Waals surface area (Å²) < 4.78 is 0. The number of hydrogen-bond donors (Lipinski definition) is 1. The second kappa shape index (κ2) is 6.14. The Balaban J connectivity index is 2.28. The van der Waals surface area contributed by atoms with E-state index in [4.69, 9.17) is 11.6 Å². The normalized spacial score (nSPS) is 12.3. The van der Waals surface area contributed by atoms with E-state index in [9.17, 15) is 9.90 Å². The third kappa shape index (κ3) is 3.05. The molecule has 0 aliphatic heterocycles. The number of halogens is 1. The summed E-state index contributed by atoms with van der Waals surface area (Å²) in [6.45, 7) is 2.46. The lowest BCUT2D eigenvalue weighted by Crippen LogP contribution is -2.28. The van der Waals surface area contributed by atoms with Gasteiger partial charge in [0.05, 0.1) is 5.56 Å². The van der Waals surface area contributed by atoms with E-state index in [0.29, 0.717) is 17.5 Å². The third-order valence-corrected chi connectivity index (χ3v) is 3.56. The average Bonchev–Trinajstić information content (AvgIpc) is 2.44. The number of phenols is 1. The Labute approximate surface area is 123 Å². The average molecular weight is 292 g/mol. The van der Waals surface area contributed by atoms with Crippen LogP contribution < -0.4 is 0 Å².